The van der Waals surface area contributed by atoms with E-state index in [0.717, 1.165) is 25.9 Å². The number of likely N-dealkylation sites (N-methyl/N-ethyl adjacent to an activating group) is 1. The van der Waals surface area contributed by atoms with Crippen molar-refractivity contribution in [3.05, 3.63) is 0 Å². The fourth-order valence-corrected chi connectivity index (χ4v) is 2.70. The quantitative estimate of drug-likeness (QED) is 0.795. The number of likely N-dealkylation sites (tertiary alicyclic amines) is 1. The van der Waals surface area contributed by atoms with Crippen molar-refractivity contribution in [1.29, 1.82) is 0 Å². The maximum Gasteiger partial charge on any atom is 0.239 e. The molecule has 1 saturated heterocycles. The topological polar surface area (TPSA) is 35.6 Å². The van der Waals surface area contributed by atoms with Crippen molar-refractivity contribution in [3.8, 4) is 0 Å². The third kappa shape index (κ3) is 5.11. The van der Waals surface area contributed by atoms with E-state index < -0.39 is 0 Å². The molecule has 0 aromatic carbocycles. The number of nitrogens with zero attached hydrogens (tertiary/aromatic N) is 2. The molecule has 0 aliphatic carbocycles. The molecule has 0 aromatic heterocycles. The Labute approximate surface area is 118 Å². The van der Waals surface area contributed by atoms with Crippen molar-refractivity contribution in [2.24, 2.45) is 5.92 Å². The maximum absolute atomic E-state index is 12.2. The summed E-state index contributed by atoms with van der Waals surface area (Å²) >= 11 is 0. The molecule has 1 amide bonds. The van der Waals surface area contributed by atoms with Gasteiger partial charge in [0.25, 0.3) is 0 Å². The minimum atomic E-state index is -0.0351. The second kappa shape index (κ2) is 7.25. The molecule has 0 saturated carbocycles. The van der Waals surface area contributed by atoms with Crippen LogP contribution >= 0.6 is 0 Å². The van der Waals surface area contributed by atoms with Crippen molar-refractivity contribution >= 4 is 5.91 Å². The van der Waals surface area contributed by atoms with Gasteiger partial charge in [-0.05, 0) is 39.2 Å². The van der Waals surface area contributed by atoms with Gasteiger partial charge in [0.2, 0.25) is 5.91 Å². The first-order valence-electron chi connectivity index (χ1n) is 7.52. The van der Waals surface area contributed by atoms with Gasteiger partial charge in [0.1, 0.15) is 0 Å². The van der Waals surface area contributed by atoms with Crippen molar-refractivity contribution < 1.29 is 4.79 Å². The summed E-state index contributed by atoms with van der Waals surface area (Å²) in [4.78, 5) is 16.4. The fraction of sp³-hybridized carbons (Fsp3) is 0.933. The Hall–Kier alpha value is -0.610. The summed E-state index contributed by atoms with van der Waals surface area (Å²) < 4.78 is 0. The van der Waals surface area contributed by atoms with Gasteiger partial charge in [-0.2, -0.15) is 0 Å². The van der Waals surface area contributed by atoms with Gasteiger partial charge in [0.15, 0.2) is 0 Å². The molecule has 1 aliphatic rings. The Kier molecular flexibility index (Phi) is 6.27. The van der Waals surface area contributed by atoms with Crippen molar-refractivity contribution in [2.45, 2.75) is 58.7 Å². The second-order valence-corrected chi connectivity index (χ2v) is 6.66. The number of nitrogens with one attached hydrogen (secondary N) is 1. The van der Waals surface area contributed by atoms with Gasteiger partial charge in [-0.25, -0.2) is 0 Å². The van der Waals surface area contributed by atoms with E-state index in [1.807, 2.05) is 14.1 Å². The highest BCUT2D eigenvalue weighted by Crippen LogP contribution is 2.15. The number of hydrogen-bond donors (Lipinski definition) is 1. The van der Waals surface area contributed by atoms with Gasteiger partial charge in [0.05, 0.1) is 6.04 Å². The van der Waals surface area contributed by atoms with Gasteiger partial charge in [-0.3, -0.25) is 9.69 Å². The molecule has 112 valence electrons. The lowest BCUT2D eigenvalue weighted by Crippen LogP contribution is -2.49. The van der Waals surface area contributed by atoms with Gasteiger partial charge < -0.3 is 10.2 Å². The number of carbonyl (C=O) groups excluding carboxylic acids is 1. The molecule has 1 N–H and O–H groups in total. The fourth-order valence-electron chi connectivity index (χ4n) is 2.70. The summed E-state index contributed by atoms with van der Waals surface area (Å²) in [5.41, 5.74) is 0. The number of amides is 1. The van der Waals surface area contributed by atoms with E-state index >= 15 is 0 Å². The molecule has 4 nitrogen and oxygen atoms in total. The zero-order chi connectivity index (χ0) is 14.6. The lowest BCUT2D eigenvalue weighted by molar-refractivity contribution is -0.131. The number of hydrogen-bond acceptors (Lipinski definition) is 3. The van der Waals surface area contributed by atoms with E-state index in [1.165, 1.54) is 0 Å². The molecule has 2 atom stereocenters. The Morgan fingerprint density at radius 2 is 1.95 bits per heavy atom. The Bertz CT molecular complexity index is 289. The van der Waals surface area contributed by atoms with Crippen LogP contribution in [0.3, 0.4) is 0 Å². The van der Waals surface area contributed by atoms with E-state index in [0.29, 0.717) is 18.0 Å². The van der Waals surface area contributed by atoms with Crippen LogP contribution in [-0.2, 0) is 4.79 Å². The largest absolute Gasteiger partial charge is 0.347 e. The molecule has 4 heteroatoms. The highest BCUT2D eigenvalue weighted by atomic mass is 16.2. The first kappa shape index (κ1) is 16.4. The first-order chi connectivity index (χ1) is 8.81. The van der Waals surface area contributed by atoms with Gasteiger partial charge in [0, 0.05) is 32.7 Å². The second-order valence-electron chi connectivity index (χ2n) is 6.66. The van der Waals surface area contributed by atoms with E-state index in [-0.39, 0.29) is 11.9 Å². The highest BCUT2D eigenvalue weighted by Gasteiger charge is 2.29. The molecule has 1 fully saturated rings. The van der Waals surface area contributed by atoms with E-state index in [9.17, 15) is 4.79 Å². The van der Waals surface area contributed by atoms with Crippen LogP contribution in [0.5, 0.6) is 0 Å². The predicted molar refractivity (Wildman–Crippen MR) is 80.2 cm³/mol. The lowest BCUT2D eigenvalue weighted by atomic mass is 10.0. The zero-order valence-corrected chi connectivity index (χ0v) is 13.4. The van der Waals surface area contributed by atoms with E-state index in [4.69, 9.17) is 0 Å². The molecule has 0 bridgehead atoms. The van der Waals surface area contributed by atoms with Crippen LogP contribution < -0.4 is 5.32 Å². The Morgan fingerprint density at radius 3 is 2.37 bits per heavy atom. The van der Waals surface area contributed by atoms with Crippen LogP contribution in [0.15, 0.2) is 0 Å². The normalized spacial score (nSPS) is 22.2. The smallest absolute Gasteiger partial charge is 0.239 e. The average Bonchev–Trinajstić information content (AvgIpc) is 2.75. The van der Waals surface area contributed by atoms with Gasteiger partial charge >= 0.3 is 0 Å². The van der Waals surface area contributed by atoms with Crippen LogP contribution in [0, 0.1) is 5.92 Å². The monoisotopic (exact) mass is 269 g/mol. The standard InChI is InChI=1S/C15H31N3O/c1-11(2)9-14(15(19)17(5)6)16-13-7-8-18(10-13)12(3)4/h11-14,16H,7-10H2,1-6H3. The predicted octanol–water partition coefficient (Wildman–Crippen LogP) is 1.56. The van der Waals surface area contributed by atoms with Crippen LogP contribution in [0.4, 0.5) is 0 Å². The molecule has 0 radical (unpaired) electrons. The summed E-state index contributed by atoms with van der Waals surface area (Å²) in [6.45, 7) is 11.0. The van der Waals surface area contributed by atoms with E-state index in [2.05, 4.69) is 37.9 Å². The number of rotatable bonds is 6. The summed E-state index contributed by atoms with van der Waals surface area (Å²) in [6.07, 6.45) is 2.06. The summed E-state index contributed by atoms with van der Waals surface area (Å²) in [6, 6.07) is 1.02. The summed E-state index contributed by atoms with van der Waals surface area (Å²) in [5.74, 6) is 0.737. The zero-order valence-electron chi connectivity index (χ0n) is 13.4. The molecule has 1 heterocycles. The van der Waals surface area contributed by atoms with Crippen LogP contribution in [-0.4, -0.2) is 61.0 Å². The lowest BCUT2D eigenvalue weighted by Gasteiger charge is -2.27. The maximum atomic E-state index is 12.2. The van der Waals surface area contributed by atoms with Crippen molar-refractivity contribution in [3.63, 3.8) is 0 Å². The summed E-state index contributed by atoms with van der Waals surface area (Å²) in [5, 5.41) is 3.58. The molecular weight excluding hydrogens is 238 g/mol. The average molecular weight is 269 g/mol. The Morgan fingerprint density at radius 1 is 1.32 bits per heavy atom. The SMILES string of the molecule is CC(C)CC(NC1CCN(C(C)C)C1)C(=O)N(C)C. The first-order valence-corrected chi connectivity index (χ1v) is 7.52. The van der Waals surface area contributed by atoms with Crippen molar-refractivity contribution in [1.82, 2.24) is 15.1 Å². The van der Waals surface area contributed by atoms with Crippen LogP contribution in [0.25, 0.3) is 0 Å². The third-order valence-electron chi connectivity index (χ3n) is 3.83. The third-order valence-corrected chi connectivity index (χ3v) is 3.83. The molecule has 0 spiro atoms. The van der Waals surface area contributed by atoms with Crippen LogP contribution in [0.1, 0.15) is 40.5 Å². The number of carbonyl (C=O) groups is 1. The molecule has 0 aromatic rings. The molecule has 2 unspecified atom stereocenters. The Balaban J connectivity index is 2.56. The molecular formula is C15H31N3O. The summed E-state index contributed by atoms with van der Waals surface area (Å²) in [7, 11) is 3.68. The van der Waals surface area contributed by atoms with Crippen molar-refractivity contribution in [2.75, 3.05) is 27.2 Å². The molecule has 1 aliphatic heterocycles. The minimum absolute atomic E-state index is 0.0351. The van der Waals surface area contributed by atoms with Crippen LogP contribution in [0.2, 0.25) is 0 Å². The molecule has 1 rings (SSSR count). The van der Waals surface area contributed by atoms with E-state index in [1.54, 1.807) is 4.90 Å². The minimum Gasteiger partial charge on any atom is -0.347 e. The molecule has 19 heavy (non-hydrogen) atoms. The van der Waals surface area contributed by atoms with Gasteiger partial charge in [-0.15, -0.1) is 0 Å². The van der Waals surface area contributed by atoms with Gasteiger partial charge in [-0.1, -0.05) is 13.8 Å². The highest BCUT2D eigenvalue weighted by molar-refractivity contribution is 5.81.